The topological polar surface area (TPSA) is 79.1 Å². The van der Waals surface area contributed by atoms with Gasteiger partial charge in [-0.15, -0.1) is 0 Å². The van der Waals surface area contributed by atoms with Gasteiger partial charge in [0, 0.05) is 23.0 Å². The number of fused-ring (bicyclic) bond motifs is 1. The molecule has 2 rings (SSSR count). The van der Waals surface area contributed by atoms with E-state index in [9.17, 15) is 4.79 Å². The normalized spacial score (nSPS) is 14.8. The maximum Gasteiger partial charge on any atom is 0.321 e. The summed E-state index contributed by atoms with van der Waals surface area (Å²) in [4.78, 5) is 14.0. The number of nitrogens with two attached hydrogens (primary N) is 1. The van der Waals surface area contributed by atoms with Crippen molar-refractivity contribution in [2.24, 2.45) is 5.73 Å². The van der Waals surface area contributed by atoms with Gasteiger partial charge in [0.1, 0.15) is 6.04 Å². The summed E-state index contributed by atoms with van der Waals surface area (Å²) in [6, 6.07) is 4.57. The van der Waals surface area contributed by atoms with Crippen LogP contribution in [0.2, 0.25) is 5.02 Å². The minimum Gasteiger partial charge on any atom is -0.480 e. The summed E-state index contributed by atoms with van der Waals surface area (Å²) >= 11 is 6.12. The van der Waals surface area contributed by atoms with Gasteiger partial charge in [-0.1, -0.05) is 24.6 Å². The molecule has 1 aromatic heterocycles. The number of hydrogen-bond donors (Lipinski definition) is 3. The van der Waals surface area contributed by atoms with E-state index >= 15 is 0 Å². The average molecular weight is 253 g/mol. The van der Waals surface area contributed by atoms with Crippen LogP contribution in [0.4, 0.5) is 0 Å². The lowest BCUT2D eigenvalue weighted by atomic mass is 9.93. The van der Waals surface area contributed by atoms with Crippen LogP contribution >= 0.6 is 11.6 Å². The highest BCUT2D eigenvalue weighted by atomic mass is 35.5. The Balaban J connectivity index is 2.52. The van der Waals surface area contributed by atoms with Crippen LogP contribution in [0.15, 0.2) is 24.4 Å². The Bertz CT molecular complexity index is 565. The zero-order valence-corrected chi connectivity index (χ0v) is 10.0. The van der Waals surface area contributed by atoms with E-state index < -0.39 is 12.0 Å². The van der Waals surface area contributed by atoms with Gasteiger partial charge >= 0.3 is 5.97 Å². The minimum absolute atomic E-state index is 0.304. The number of hydrogen-bond acceptors (Lipinski definition) is 2. The van der Waals surface area contributed by atoms with E-state index in [0.29, 0.717) is 5.02 Å². The highest BCUT2D eigenvalue weighted by molar-refractivity contribution is 6.35. The molecule has 17 heavy (non-hydrogen) atoms. The van der Waals surface area contributed by atoms with Gasteiger partial charge in [0.2, 0.25) is 0 Å². The number of carbonyl (C=O) groups is 1. The largest absolute Gasteiger partial charge is 0.480 e. The Labute approximate surface area is 103 Å². The third-order valence-corrected chi connectivity index (χ3v) is 3.31. The van der Waals surface area contributed by atoms with E-state index in [1.165, 1.54) is 0 Å². The van der Waals surface area contributed by atoms with Crippen LogP contribution in [-0.4, -0.2) is 22.1 Å². The lowest BCUT2D eigenvalue weighted by Crippen LogP contribution is -2.35. The Morgan fingerprint density at radius 1 is 1.53 bits per heavy atom. The first-order valence-electron chi connectivity index (χ1n) is 5.26. The fourth-order valence-corrected chi connectivity index (χ4v) is 2.22. The smallest absolute Gasteiger partial charge is 0.321 e. The molecule has 0 saturated carbocycles. The van der Waals surface area contributed by atoms with Crippen LogP contribution in [0, 0.1) is 0 Å². The van der Waals surface area contributed by atoms with Crippen LogP contribution in [0.5, 0.6) is 0 Å². The first kappa shape index (κ1) is 12.0. The Morgan fingerprint density at radius 2 is 2.24 bits per heavy atom. The summed E-state index contributed by atoms with van der Waals surface area (Å²) in [5.74, 6) is -1.32. The molecule has 0 aliphatic rings. The lowest BCUT2D eigenvalue weighted by Gasteiger charge is -2.15. The van der Waals surface area contributed by atoms with E-state index in [1.807, 2.05) is 12.1 Å². The molecule has 4 nitrogen and oxygen atoms in total. The predicted molar refractivity (Wildman–Crippen MR) is 67.3 cm³/mol. The van der Waals surface area contributed by atoms with Gasteiger partial charge < -0.3 is 15.8 Å². The predicted octanol–water partition coefficient (Wildman–Crippen LogP) is 2.34. The van der Waals surface area contributed by atoms with Gasteiger partial charge in [-0.2, -0.15) is 0 Å². The van der Waals surface area contributed by atoms with Crippen molar-refractivity contribution in [2.45, 2.75) is 18.9 Å². The molecule has 1 heterocycles. The molecule has 4 N–H and O–H groups in total. The van der Waals surface area contributed by atoms with Crippen molar-refractivity contribution in [1.82, 2.24) is 4.98 Å². The average Bonchev–Trinajstić information content (AvgIpc) is 2.72. The quantitative estimate of drug-likeness (QED) is 0.784. The standard InChI is InChI=1S/C12H13ClN2O2/c1-6(11(14)12(16)17)7-5-15-9-4-2-3-8(13)10(7)9/h2-6,11,15H,14H2,1H3,(H,16,17)/t6-,11-/m0/s1. The van der Waals surface area contributed by atoms with Gasteiger partial charge in [0.15, 0.2) is 0 Å². The molecule has 90 valence electrons. The number of aromatic amines is 1. The third kappa shape index (κ3) is 2.01. The second-order valence-electron chi connectivity index (χ2n) is 4.06. The summed E-state index contributed by atoms with van der Waals surface area (Å²) in [5, 5.41) is 10.4. The first-order chi connectivity index (χ1) is 8.02. The molecule has 0 bridgehead atoms. The van der Waals surface area contributed by atoms with Crippen LogP contribution in [-0.2, 0) is 4.79 Å². The number of nitrogens with one attached hydrogen (secondary N) is 1. The summed E-state index contributed by atoms with van der Waals surface area (Å²) in [5.41, 5.74) is 7.36. The maximum atomic E-state index is 10.9. The molecule has 2 aromatic rings. The second-order valence-corrected chi connectivity index (χ2v) is 4.47. The van der Waals surface area contributed by atoms with E-state index in [-0.39, 0.29) is 5.92 Å². The molecular formula is C12H13ClN2O2. The van der Waals surface area contributed by atoms with Gasteiger partial charge in [-0.25, -0.2) is 0 Å². The number of benzene rings is 1. The summed E-state index contributed by atoms with van der Waals surface area (Å²) in [7, 11) is 0. The Kier molecular flexibility index (Phi) is 3.09. The number of aliphatic carboxylic acids is 1. The molecule has 0 amide bonds. The van der Waals surface area contributed by atoms with E-state index in [0.717, 1.165) is 16.5 Å². The SMILES string of the molecule is C[C@@H](c1c[nH]c2cccc(Cl)c12)[C@H](N)C(=O)O. The molecule has 0 saturated heterocycles. The van der Waals surface area contributed by atoms with Crippen molar-refractivity contribution in [3.05, 3.63) is 35.0 Å². The summed E-state index contributed by atoms with van der Waals surface area (Å²) in [6.07, 6.45) is 1.77. The Morgan fingerprint density at radius 3 is 2.88 bits per heavy atom. The van der Waals surface area contributed by atoms with Gasteiger partial charge in [0.05, 0.1) is 5.02 Å². The van der Waals surface area contributed by atoms with E-state index in [1.54, 1.807) is 19.2 Å². The van der Waals surface area contributed by atoms with Gasteiger partial charge in [-0.05, 0) is 17.7 Å². The molecule has 0 spiro atoms. The van der Waals surface area contributed by atoms with Crippen molar-refractivity contribution in [3.63, 3.8) is 0 Å². The van der Waals surface area contributed by atoms with Crippen molar-refractivity contribution >= 4 is 28.5 Å². The molecule has 0 radical (unpaired) electrons. The van der Waals surface area contributed by atoms with Crippen molar-refractivity contribution < 1.29 is 9.90 Å². The van der Waals surface area contributed by atoms with E-state index in [4.69, 9.17) is 22.4 Å². The zero-order chi connectivity index (χ0) is 12.6. The second kappa shape index (κ2) is 4.39. The third-order valence-electron chi connectivity index (χ3n) is 3.00. The van der Waals surface area contributed by atoms with Crippen LogP contribution < -0.4 is 5.73 Å². The molecule has 5 heteroatoms. The fraction of sp³-hybridized carbons (Fsp3) is 0.250. The maximum absolute atomic E-state index is 10.9. The highest BCUT2D eigenvalue weighted by Gasteiger charge is 2.24. The number of H-pyrrole nitrogens is 1. The van der Waals surface area contributed by atoms with E-state index in [2.05, 4.69) is 4.98 Å². The van der Waals surface area contributed by atoms with Gasteiger partial charge in [-0.3, -0.25) is 4.79 Å². The molecule has 0 fully saturated rings. The molecule has 0 aliphatic carbocycles. The molecule has 0 unspecified atom stereocenters. The molecule has 0 aliphatic heterocycles. The first-order valence-corrected chi connectivity index (χ1v) is 5.64. The highest BCUT2D eigenvalue weighted by Crippen LogP contribution is 2.32. The van der Waals surface area contributed by atoms with Crippen molar-refractivity contribution in [1.29, 1.82) is 0 Å². The monoisotopic (exact) mass is 252 g/mol. The number of halogens is 1. The minimum atomic E-state index is -1.01. The lowest BCUT2D eigenvalue weighted by molar-refractivity contribution is -0.138. The molecule has 1 aromatic carbocycles. The number of carboxylic acids is 1. The van der Waals surface area contributed by atoms with Crippen LogP contribution in [0.25, 0.3) is 10.9 Å². The zero-order valence-electron chi connectivity index (χ0n) is 9.27. The van der Waals surface area contributed by atoms with Crippen molar-refractivity contribution in [3.8, 4) is 0 Å². The number of rotatable bonds is 3. The Hall–Kier alpha value is -1.52. The number of carboxylic acid groups (broad SMARTS) is 1. The van der Waals surface area contributed by atoms with Crippen molar-refractivity contribution in [2.75, 3.05) is 0 Å². The fourth-order valence-electron chi connectivity index (χ4n) is 1.93. The summed E-state index contributed by atoms with van der Waals surface area (Å²) < 4.78 is 0. The van der Waals surface area contributed by atoms with Crippen LogP contribution in [0.1, 0.15) is 18.4 Å². The molecular weight excluding hydrogens is 240 g/mol. The van der Waals surface area contributed by atoms with Crippen LogP contribution in [0.3, 0.4) is 0 Å². The molecule has 2 atom stereocenters. The number of aromatic nitrogens is 1. The van der Waals surface area contributed by atoms with Gasteiger partial charge in [0.25, 0.3) is 0 Å². The summed E-state index contributed by atoms with van der Waals surface area (Å²) in [6.45, 7) is 1.78.